The van der Waals surface area contributed by atoms with E-state index in [4.69, 9.17) is 4.42 Å². The van der Waals surface area contributed by atoms with Gasteiger partial charge in [0.1, 0.15) is 0 Å². The van der Waals surface area contributed by atoms with E-state index < -0.39 is 5.63 Å². The first-order chi connectivity index (χ1) is 10.7. The Hall–Kier alpha value is -3.14. The van der Waals surface area contributed by atoms with Gasteiger partial charge in [-0.25, -0.2) is 4.79 Å². The maximum atomic E-state index is 12.3. The molecular weight excluding hydrogens is 278 g/mol. The Bertz CT molecular complexity index is 1050. The topological polar surface area (TPSA) is 57.2 Å². The highest BCUT2D eigenvalue weighted by Gasteiger charge is 2.14. The van der Waals surface area contributed by atoms with Gasteiger partial charge in [-0.1, -0.05) is 42.5 Å². The molecule has 2 aromatic heterocycles. The van der Waals surface area contributed by atoms with Crippen LogP contribution >= 0.6 is 0 Å². The fraction of sp³-hybridized carbons (Fsp3) is 0. The van der Waals surface area contributed by atoms with Crippen molar-refractivity contribution in [2.24, 2.45) is 0 Å². The van der Waals surface area contributed by atoms with E-state index in [2.05, 4.69) is 0 Å². The van der Waals surface area contributed by atoms with Crippen molar-refractivity contribution in [3.05, 3.63) is 82.5 Å². The second-order valence-electron chi connectivity index (χ2n) is 5.07. The Morgan fingerprint density at radius 2 is 1.68 bits per heavy atom. The van der Waals surface area contributed by atoms with E-state index in [-0.39, 0.29) is 0 Å². The normalized spacial score (nSPS) is 11.1. The summed E-state index contributed by atoms with van der Waals surface area (Å²) in [6.45, 7) is 0. The van der Waals surface area contributed by atoms with Crippen LogP contribution in [0.2, 0.25) is 0 Å². The first kappa shape index (κ1) is 12.6. The lowest BCUT2D eigenvalue weighted by molar-refractivity contribution is -0.575. The van der Waals surface area contributed by atoms with Gasteiger partial charge in [-0.15, -0.1) is 0 Å². The highest BCUT2D eigenvalue weighted by Crippen LogP contribution is 2.25. The number of nitrogens with zero attached hydrogens (tertiary/aromatic N) is 1. The molecule has 22 heavy (non-hydrogen) atoms. The van der Waals surface area contributed by atoms with Gasteiger partial charge >= 0.3 is 5.63 Å². The van der Waals surface area contributed by atoms with Gasteiger partial charge in [-0.05, 0) is 17.7 Å². The van der Waals surface area contributed by atoms with Crippen LogP contribution in [-0.4, -0.2) is 0 Å². The predicted molar refractivity (Wildman–Crippen MR) is 84.4 cm³/mol. The van der Waals surface area contributed by atoms with Gasteiger partial charge in [0.25, 0.3) is 0 Å². The Morgan fingerprint density at radius 1 is 0.955 bits per heavy atom. The molecule has 0 N–H and O–H groups in total. The summed E-state index contributed by atoms with van der Waals surface area (Å²) in [4.78, 5) is 12.3. The first-order valence-corrected chi connectivity index (χ1v) is 6.88. The molecule has 2 aromatic carbocycles. The Balaban J connectivity index is 2.11. The summed E-state index contributed by atoms with van der Waals surface area (Å²) in [7, 11) is 0. The van der Waals surface area contributed by atoms with Crippen LogP contribution in [0.3, 0.4) is 0 Å². The van der Waals surface area contributed by atoms with Crippen LogP contribution in [0.5, 0.6) is 0 Å². The Labute approximate surface area is 125 Å². The molecular formula is C18H11NO3. The molecule has 4 rings (SSSR count). The molecule has 0 fully saturated rings. The number of aromatic nitrogens is 1. The molecule has 4 nitrogen and oxygen atoms in total. The number of fused-ring (bicyclic) bond motifs is 3. The molecule has 0 saturated heterocycles. The average molecular weight is 289 g/mol. The van der Waals surface area contributed by atoms with E-state index in [0.717, 1.165) is 10.3 Å². The van der Waals surface area contributed by atoms with E-state index in [9.17, 15) is 10.0 Å². The van der Waals surface area contributed by atoms with E-state index in [1.54, 1.807) is 24.3 Å². The predicted octanol–water partition coefficient (Wildman–Crippen LogP) is 3.25. The van der Waals surface area contributed by atoms with Crippen LogP contribution in [0, 0.1) is 5.21 Å². The molecule has 0 amide bonds. The van der Waals surface area contributed by atoms with Crippen molar-refractivity contribution in [2.45, 2.75) is 0 Å². The largest absolute Gasteiger partial charge is 0.618 e. The van der Waals surface area contributed by atoms with E-state index >= 15 is 0 Å². The number of pyridine rings is 1. The van der Waals surface area contributed by atoms with Crippen LogP contribution in [0.4, 0.5) is 0 Å². The molecule has 0 radical (unpaired) electrons. The first-order valence-electron chi connectivity index (χ1n) is 6.88. The molecule has 106 valence electrons. The van der Waals surface area contributed by atoms with Crippen molar-refractivity contribution in [3.63, 3.8) is 0 Å². The molecule has 0 unspecified atom stereocenters. The van der Waals surface area contributed by atoms with Gasteiger partial charge < -0.3 is 9.62 Å². The Morgan fingerprint density at radius 3 is 2.50 bits per heavy atom. The van der Waals surface area contributed by atoms with Gasteiger partial charge in [0.2, 0.25) is 5.52 Å². The molecule has 0 atom stereocenters. The zero-order chi connectivity index (χ0) is 15.1. The van der Waals surface area contributed by atoms with Gasteiger partial charge in [0.05, 0.1) is 16.3 Å². The van der Waals surface area contributed by atoms with Gasteiger partial charge in [-0.2, -0.15) is 4.73 Å². The van der Waals surface area contributed by atoms with Crippen molar-refractivity contribution in [3.8, 4) is 11.1 Å². The highest BCUT2D eigenvalue weighted by atomic mass is 16.5. The molecule has 0 saturated carbocycles. The standard InChI is InChI=1S/C18H11NO3/c20-18-15(12-6-2-1-3-7-12)10-13-11-19(21)16-9-5-4-8-14(16)17(13)22-18/h1-11H. The minimum Gasteiger partial charge on any atom is -0.618 e. The maximum Gasteiger partial charge on any atom is 0.344 e. The van der Waals surface area contributed by atoms with Crippen LogP contribution in [0.1, 0.15) is 0 Å². The van der Waals surface area contributed by atoms with Gasteiger partial charge in [-0.3, -0.25) is 0 Å². The number of hydrogen-bond acceptors (Lipinski definition) is 3. The lowest BCUT2D eigenvalue weighted by atomic mass is 10.1. The zero-order valence-electron chi connectivity index (χ0n) is 11.5. The second-order valence-corrected chi connectivity index (χ2v) is 5.07. The molecule has 0 bridgehead atoms. The quantitative estimate of drug-likeness (QED) is 0.307. The number of benzene rings is 2. The third kappa shape index (κ3) is 1.85. The highest BCUT2D eigenvalue weighted by molar-refractivity contribution is 6.00. The van der Waals surface area contributed by atoms with Crippen molar-refractivity contribution in [1.29, 1.82) is 0 Å². The molecule has 4 heteroatoms. The third-order valence-corrected chi connectivity index (χ3v) is 3.70. The molecule has 0 aliphatic rings. The smallest absolute Gasteiger partial charge is 0.344 e. The Kier molecular flexibility index (Phi) is 2.69. The maximum absolute atomic E-state index is 12.3. The van der Waals surface area contributed by atoms with Crippen molar-refractivity contribution < 1.29 is 9.15 Å². The second kappa shape index (κ2) is 4.70. The molecule has 0 aliphatic carbocycles. The minimum atomic E-state index is -0.410. The molecule has 2 heterocycles. The van der Waals surface area contributed by atoms with E-state index in [1.165, 1.54) is 6.20 Å². The zero-order valence-corrected chi connectivity index (χ0v) is 11.5. The summed E-state index contributed by atoms with van der Waals surface area (Å²) >= 11 is 0. The van der Waals surface area contributed by atoms with Gasteiger partial charge in [0.15, 0.2) is 11.8 Å². The van der Waals surface area contributed by atoms with Crippen molar-refractivity contribution in [1.82, 2.24) is 0 Å². The summed E-state index contributed by atoms with van der Waals surface area (Å²) < 4.78 is 6.31. The average Bonchev–Trinajstić information content (AvgIpc) is 2.56. The van der Waals surface area contributed by atoms with Crippen LogP contribution in [-0.2, 0) is 0 Å². The SMILES string of the molecule is O=c1oc2c(cc1-c1ccccc1)c[n+]([O-])c1ccccc21. The number of rotatable bonds is 1. The number of para-hydroxylation sites is 1. The lowest BCUT2D eigenvalue weighted by Gasteiger charge is -2.06. The summed E-state index contributed by atoms with van der Waals surface area (Å²) in [5.41, 5.74) is 1.72. The van der Waals surface area contributed by atoms with Crippen molar-refractivity contribution in [2.75, 3.05) is 0 Å². The monoisotopic (exact) mass is 289 g/mol. The summed E-state index contributed by atoms with van der Waals surface area (Å²) in [5.74, 6) is 0. The minimum absolute atomic E-state index is 0.410. The lowest BCUT2D eigenvalue weighted by Crippen LogP contribution is -2.26. The van der Waals surface area contributed by atoms with Gasteiger partial charge in [0, 0.05) is 6.07 Å². The van der Waals surface area contributed by atoms with Crippen LogP contribution < -0.4 is 10.4 Å². The van der Waals surface area contributed by atoms with E-state index in [0.29, 0.717) is 27.4 Å². The van der Waals surface area contributed by atoms with Crippen LogP contribution in [0.15, 0.2) is 76.1 Å². The van der Waals surface area contributed by atoms with E-state index in [1.807, 2.05) is 36.4 Å². The van der Waals surface area contributed by atoms with Crippen molar-refractivity contribution >= 4 is 21.9 Å². The molecule has 0 spiro atoms. The molecule has 4 aromatic rings. The summed E-state index contributed by atoms with van der Waals surface area (Å²) in [6.07, 6.45) is 1.44. The third-order valence-electron chi connectivity index (χ3n) is 3.70. The number of hydrogen-bond donors (Lipinski definition) is 0. The van der Waals surface area contributed by atoms with Crippen LogP contribution in [0.25, 0.3) is 33.0 Å². The molecule has 0 aliphatic heterocycles. The summed E-state index contributed by atoms with van der Waals surface area (Å²) in [6, 6.07) is 18.0. The fourth-order valence-electron chi connectivity index (χ4n) is 2.67. The fourth-order valence-corrected chi connectivity index (χ4v) is 2.67. The summed E-state index contributed by atoms with van der Waals surface area (Å²) in [5, 5.41) is 13.4.